The SMILES string of the molecule is CNC(CCN(C)CC1CC1)c1cc(F)cc(F)c1. The second kappa shape index (κ2) is 6.44. The van der Waals surface area contributed by atoms with E-state index in [1.54, 1.807) is 0 Å². The Kier molecular flexibility index (Phi) is 4.88. The molecule has 0 bridgehead atoms. The first-order chi connectivity index (χ1) is 9.08. The average molecular weight is 268 g/mol. The van der Waals surface area contributed by atoms with Crippen molar-refractivity contribution in [3.8, 4) is 0 Å². The van der Waals surface area contributed by atoms with Crippen LogP contribution in [-0.4, -0.2) is 32.1 Å². The summed E-state index contributed by atoms with van der Waals surface area (Å²) in [5.41, 5.74) is 0.680. The van der Waals surface area contributed by atoms with Gasteiger partial charge in [-0.2, -0.15) is 0 Å². The minimum Gasteiger partial charge on any atom is -0.313 e. The zero-order chi connectivity index (χ0) is 13.8. The minimum atomic E-state index is -0.512. The first kappa shape index (κ1) is 14.4. The lowest BCUT2D eigenvalue weighted by atomic mass is 10.0. The van der Waals surface area contributed by atoms with Crippen molar-refractivity contribution in [2.45, 2.75) is 25.3 Å². The summed E-state index contributed by atoms with van der Waals surface area (Å²) in [4.78, 5) is 2.30. The third-order valence-corrected chi connectivity index (χ3v) is 3.70. The molecule has 19 heavy (non-hydrogen) atoms. The van der Waals surface area contributed by atoms with E-state index in [9.17, 15) is 8.78 Å². The third kappa shape index (κ3) is 4.55. The first-order valence-corrected chi connectivity index (χ1v) is 6.90. The Morgan fingerprint density at radius 2 is 1.89 bits per heavy atom. The normalized spacial score (nSPS) is 16.9. The van der Waals surface area contributed by atoms with E-state index in [4.69, 9.17) is 0 Å². The number of hydrogen-bond acceptors (Lipinski definition) is 2. The molecule has 4 heteroatoms. The fraction of sp³-hybridized carbons (Fsp3) is 0.600. The summed E-state index contributed by atoms with van der Waals surface area (Å²) in [6.07, 6.45) is 3.53. The highest BCUT2D eigenvalue weighted by Crippen LogP contribution is 2.29. The summed E-state index contributed by atoms with van der Waals surface area (Å²) in [5, 5.41) is 3.14. The second-order valence-electron chi connectivity index (χ2n) is 5.54. The van der Waals surface area contributed by atoms with Gasteiger partial charge in [-0.1, -0.05) is 0 Å². The van der Waals surface area contributed by atoms with Gasteiger partial charge in [0.25, 0.3) is 0 Å². The molecule has 1 aliphatic rings. The van der Waals surface area contributed by atoms with Gasteiger partial charge in [-0.05, 0) is 63.5 Å². The molecular weight excluding hydrogens is 246 g/mol. The number of nitrogens with one attached hydrogen (secondary N) is 1. The minimum absolute atomic E-state index is 0.00754. The molecule has 1 aromatic rings. The van der Waals surface area contributed by atoms with Crippen LogP contribution in [0.15, 0.2) is 18.2 Å². The van der Waals surface area contributed by atoms with Crippen molar-refractivity contribution in [3.05, 3.63) is 35.4 Å². The fourth-order valence-electron chi connectivity index (χ4n) is 2.44. The van der Waals surface area contributed by atoms with E-state index < -0.39 is 11.6 Å². The molecule has 1 fully saturated rings. The molecule has 0 heterocycles. The van der Waals surface area contributed by atoms with Crippen molar-refractivity contribution >= 4 is 0 Å². The van der Waals surface area contributed by atoms with Gasteiger partial charge in [-0.25, -0.2) is 8.78 Å². The molecular formula is C15H22F2N2. The Morgan fingerprint density at radius 1 is 1.26 bits per heavy atom. The predicted molar refractivity (Wildman–Crippen MR) is 73.0 cm³/mol. The van der Waals surface area contributed by atoms with Gasteiger partial charge in [0.1, 0.15) is 11.6 Å². The van der Waals surface area contributed by atoms with Crippen LogP contribution >= 0.6 is 0 Å². The van der Waals surface area contributed by atoms with Crippen LogP contribution < -0.4 is 5.32 Å². The molecule has 1 unspecified atom stereocenters. The molecule has 2 rings (SSSR count). The molecule has 1 N–H and O–H groups in total. The van der Waals surface area contributed by atoms with E-state index in [-0.39, 0.29) is 6.04 Å². The maximum atomic E-state index is 13.2. The summed E-state index contributed by atoms with van der Waals surface area (Å²) < 4.78 is 26.5. The molecule has 1 aliphatic carbocycles. The van der Waals surface area contributed by atoms with Crippen molar-refractivity contribution in [3.63, 3.8) is 0 Å². The number of hydrogen-bond donors (Lipinski definition) is 1. The molecule has 0 amide bonds. The Balaban J connectivity index is 1.90. The smallest absolute Gasteiger partial charge is 0.126 e. The molecule has 0 radical (unpaired) electrons. The zero-order valence-corrected chi connectivity index (χ0v) is 11.6. The lowest BCUT2D eigenvalue weighted by Crippen LogP contribution is -2.27. The van der Waals surface area contributed by atoms with Crippen molar-refractivity contribution in [2.75, 3.05) is 27.2 Å². The van der Waals surface area contributed by atoms with Crippen LogP contribution in [0.5, 0.6) is 0 Å². The van der Waals surface area contributed by atoms with Crippen LogP contribution in [0.3, 0.4) is 0 Å². The molecule has 106 valence electrons. The van der Waals surface area contributed by atoms with Crippen LogP contribution in [0.4, 0.5) is 8.78 Å². The maximum Gasteiger partial charge on any atom is 0.126 e. The lowest BCUT2D eigenvalue weighted by Gasteiger charge is -2.21. The van der Waals surface area contributed by atoms with Gasteiger partial charge in [0, 0.05) is 18.7 Å². The Labute approximate surface area is 113 Å². The lowest BCUT2D eigenvalue weighted by molar-refractivity contribution is 0.299. The number of halogens is 2. The summed E-state index contributed by atoms with van der Waals surface area (Å²) >= 11 is 0. The van der Waals surface area contributed by atoms with E-state index in [1.165, 1.54) is 25.0 Å². The maximum absolute atomic E-state index is 13.2. The van der Waals surface area contributed by atoms with Gasteiger partial charge in [0.15, 0.2) is 0 Å². The summed E-state index contributed by atoms with van der Waals surface area (Å²) in [6.45, 7) is 2.06. The molecule has 0 saturated heterocycles. The summed E-state index contributed by atoms with van der Waals surface area (Å²) in [5.74, 6) is -0.159. The van der Waals surface area contributed by atoms with Crippen molar-refractivity contribution < 1.29 is 8.78 Å². The molecule has 1 atom stereocenters. The number of benzene rings is 1. The van der Waals surface area contributed by atoms with Crippen LogP contribution in [0.1, 0.15) is 30.9 Å². The molecule has 0 aliphatic heterocycles. The van der Waals surface area contributed by atoms with Gasteiger partial charge in [-0.3, -0.25) is 0 Å². The third-order valence-electron chi connectivity index (χ3n) is 3.70. The standard InChI is InChI=1S/C15H22F2N2/c1-18-15(5-6-19(2)10-11-3-4-11)12-7-13(16)9-14(17)8-12/h7-9,11,15,18H,3-6,10H2,1-2H3. The van der Waals surface area contributed by atoms with Gasteiger partial charge in [0.05, 0.1) is 0 Å². The van der Waals surface area contributed by atoms with E-state index in [1.807, 2.05) is 7.05 Å². The second-order valence-corrected chi connectivity index (χ2v) is 5.54. The van der Waals surface area contributed by atoms with Crippen LogP contribution in [0, 0.1) is 17.6 Å². The monoisotopic (exact) mass is 268 g/mol. The highest BCUT2D eigenvalue weighted by Gasteiger charge is 2.23. The predicted octanol–water partition coefficient (Wildman–Crippen LogP) is 2.96. The highest BCUT2D eigenvalue weighted by molar-refractivity contribution is 5.21. The van der Waals surface area contributed by atoms with Crippen LogP contribution in [-0.2, 0) is 0 Å². The van der Waals surface area contributed by atoms with Crippen molar-refractivity contribution in [2.24, 2.45) is 5.92 Å². The van der Waals surface area contributed by atoms with Gasteiger partial charge >= 0.3 is 0 Å². The number of nitrogens with zero attached hydrogens (tertiary/aromatic N) is 1. The van der Waals surface area contributed by atoms with Gasteiger partial charge in [0.2, 0.25) is 0 Å². The van der Waals surface area contributed by atoms with E-state index >= 15 is 0 Å². The van der Waals surface area contributed by atoms with Crippen molar-refractivity contribution in [1.29, 1.82) is 0 Å². The average Bonchev–Trinajstić information content (AvgIpc) is 3.12. The molecule has 1 saturated carbocycles. The fourth-order valence-corrected chi connectivity index (χ4v) is 2.44. The Bertz CT molecular complexity index is 398. The largest absolute Gasteiger partial charge is 0.313 e. The van der Waals surface area contributed by atoms with E-state index in [2.05, 4.69) is 17.3 Å². The van der Waals surface area contributed by atoms with E-state index in [0.717, 1.165) is 31.5 Å². The quantitative estimate of drug-likeness (QED) is 0.818. The van der Waals surface area contributed by atoms with Gasteiger partial charge < -0.3 is 10.2 Å². The van der Waals surface area contributed by atoms with Gasteiger partial charge in [-0.15, -0.1) is 0 Å². The molecule has 1 aromatic carbocycles. The molecule has 2 nitrogen and oxygen atoms in total. The number of rotatable bonds is 7. The Hall–Kier alpha value is -1.00. The topological polar surface area (TPSA) is 15.3 Å². The Morgan fingerprint density at radius 3 is 2.42 bits per heavy atom. The first-order valence-electron chi connectivity index (χ1n) is 6.90. The van der Waals surface area contributed by atoms with E-state index in [0.29, 0.717) is 5.56 Å². The summed E-state index contributed by atoms with van der Waals surface area (Å²) in [7, 11) is 3.94. The van der Waals surface area contributed by atoms with Crippen molar-refractivity contribution in [1.82, 2.24) is 10.2 Å². The molecule has 0 spiro atoms. The van der Waals surface area contributed by atoms with Crippen LogP contribution in [0.2, 0.25) is 0 Å². The highest BCUT2D eigenvalue weighted by atomic mass is 19.1. The molecule has 0 aromatic heterocycles. The summed E-state index contributed by atoms with van der Waals surface area (Å²) in [6, 6.07) is 3.72. The van der Waals surface area contributed by atoms with Crippen LogP contribution in [0.25, 0.3) is 0 Å². The zero-order valence-electron chi connectivity index (χ0n) is 11.6.